The van der Waals surface area contributed by atoms with E-state index < -0.39 is 0 Å². The number of benzene rings is 2. The van der Waals surface area contributed by atoms with Gasteiger partial charge < -0.3 is 0 Å². The molecule has 0 aliphatic heterocycles. The standard InChI is InChI=1S/C12H9N/c1-9-7-8-10-5-3-4-6-11(10)12(9)13-2/h3-8H,1H3. The Hall–Kier alpha value is -1.81. The summed E-state index contributed by atoms with van der Waals surface area (Å²) in [6.07, 6.45) is 0. The van der Waals surface area contributed by atoms with Crippen molar-refractivity contribution in [3.63, 3.8) is 0 Å². The van der Waals surface area contributed by atoms with Crippen molar-refractivity contribution in [2.75, 3.05) is 0 Å². The van der Waals surface area contributed by atoms with Crippen LogP contribution in [0.4, 0.5) is 5.69 Å². The van der Waals surface area contributed by atoms with Crippen molar-refractivity contribution in [2.24, 2.45) is 0 Å². The van der Waals surface area contributed by atoms with Gasteiger partial charge in [0.05, 0.1) is 6.57 Å². The molecule has 0 saturated heterocycles. The second-order valence-corrected chi connectivity index (χ2v) is 3.06. The summed E-state index contributed by atoms with van der Waals surface area (Å²) < 4.78 is 0. The third-order valence-electron chi connectivity index (χ3n) is 2.21. The van der Waals surface area contributed by atoms with E-state index in [-0.39, 0.29) is 0 Å². The van der Waals surface area contributed by atoms with Crippen LogP contribution in [0, 0.1) is 13.5 Å². The van der Waals surface area contributed by atoms with E-state index >= 15 is 0 Å². The third kappa shape index (κ3) is 1.17. The van der Waals surface area contributed by atoms with Gasteiger partial charge in [-0.1, -0.05) is 36.4 Å². The minimum atomic E-state index is 0.776. The van der Waals surface area contributed by atoms with Crippen molar-refractivity contribution < 1.29 is 0 Å². The van der Waals surface area contributed by atoms with Crippen molar-refractivity contribution in [3.8, 4) is 0 Å². The lowest BCUT2D eigenvalue weighted by atomic mass is 10.1. The Morgan fingerprint density at radius 3 is 2.62 bits per heavy atom. The van der Waals surface area contributed by atoms with E-state index in [0.717, 1.165) is 22.0 Å². The maximum absolute atomic E-state index is 7.09. The Bertz CT molecular complexity index is 492. The number of nitrogens with zero attached hydrogens (tertiary/aromatic N) is 1. The fourth-order valence-corrected chi connectivity index (χ4v) is 1.51. The lowest BCUT2D eigenvalue weighted by molar-refractivity contribution is 1.52. The van der Waals surface area contributed by atoms with Gasteiger partial charge in [0, 0.05) is 0 Å². The maximum atomic E-state index is 7.09. The van der Waals surface area contributed by atoms with Gasteiger partial charge in [-0.15, -0.1) is 0 Å². The second-order valence-electron chi connectivity index (χ2n) is 3.06. The first-order valence-electron chi connectivity index (χ1n) is 4.19. The quantitative estimate of drug-likeness (QED) is 0.527. The number of aryl methyl sites for hydroxylation is 1. The highest BCUT2D eigenvalue weighted by atomic mass is 14.6. The van der Waals surface area contributed by atoms with E-state index in [9.17, 15) is 0 Å². The van der Waals surface area contributed by atoms with E-state index in [1.807, 2.05) is 37.3 Å². The summed E-state index contributed by atoms with van der Waals surface area (Å²) in [5, 5.41) is 2.19. The molecule has 0 aliphatic carbocycles. The zero-order valence-corrected chi connectivity index (χ0v) is 7.41. The molecule has 0 amide bonds. The maximum Gasteiger partial charge on any atom is 0.197 e. The molecule has 13 heavy (non-hydrogen) atoms. The van der Waals surface area contributed by atoms with Gasteiger partial charge in [0.2, 0.25) is 0 Å². The molecule has 0 fully saturated rings. The summed E-state index contributed by atoms with van der Waals surface area (Å²) in [5.74, 6) is 0. The molecule has 0 atom stereocenters. The van der Waals surface area contributed by atoms with E-state index in [1.54, 1.807) is 0 Å². The van der Waals surface area contributed by atoms with Crippen LogP contribution in [0.3, 0.4) is 0 Å². The molecule has 62 valence electrons. The van der Waals surface area contributed by atoms with Crippen LogP contribution in [0.5, 0.6) is 0 Å². The molecule has 0 bridgehead atoms. The van der Waals surface area contributed by atoms with E-state index in [1.165, 1.54) is 0 Å². The van der Waals surface area contributed by atoms with Gasteiger partial charge in [-0.05, 0) is 23.3 Å². The van der Waals surface area contributed by atoms with E-state index in [2.05, 4.69) is 10.9 Å². The predicted octanol–water partition coefficient (Wildman–Crippen LogP) is 3.70. The second kappa shape index (κ2) is 2.91. The van der Waals surface area contributed by atoms with Crippen molar-refractivity contribution in [3.05, 3.63) is 53.4 Å². The van der Waals surface area contributed by atoms with Gasteiger partial charge in [-0.2, -0.15) is 0 Å². The van der Waals surface area contributed by atoms with Gasteiger partial charge in [-0.3, -0.25) is 0 Å². The SMILES string of the molecule is [C-]#[N+]c1c(C)ccc2ccccc12. The summed E-state index contributed by atoms with van der Waals surface area (Å²) in [6.45, 7) is 9.06. The van der Waals surface area contributed by atoms with E-state index in [4.69, 9.17) is 6.57 Å². The molecule has 0 aromatic heterocycles. The fraction of sp³-hybridized carbons (Fsp3) is 0.0833. The Morgan fingerprint density at radius 1 is 1.08 bits per heavy atom. The molecule has 0 N–H and O–H groups in total. The molecule has 2 aromatic carbocycles. The van der Waals surface area contributed by atoms with Crippen molar-refractivity contribution in [2.45, 2.75) is 6.92 Å². The average molecular weight is 167 g/mol. The molecule has 1 heteroatoms. The zero-order valence-electron chi connectivity index (χ0n) is 7.41. The number of hydrogen-bond donors (Lipinski definition) is 0. The summed E-state index contributed by atoms with van der Waals surface area (Å²) in [4.78, 5) is 3.55. The van der Waals surface area contributed by atoms with E-state index in [0.29, 0.717) is 0 Å². The van der Waals surface area contributed by atoms with Crippen LogP contribution in [0.2, 0.25) is 0 Å². The van der Waals surface area contributed by atoms with Crippen LogP contribution in [-0.4, -0.2) is 0 Å². The fourth-order valence-electron chi connectivity index (χ4n) is 1.51. The molecule has 2 rings (SSSR count). The molecule has 0 radical (unpaired) electrons. The molecule has 0 aliphatic rings. The van der Waals surface area contributed by atoms with Gasteiger partial charge in [0.1, 0.15) is 0 Å². The minimum Gasteiger partial charge on any atom is -0.237 e. The largest absolute Gasteiger partial charge is 0.237 e. The summed E-state index contributed by atoms with van der Waals surface area (Å²) >= 11 is 0. The molecule has 1 nitrogen and oxygen atoms in total. The first-order valence-corrected chi connectivity index (χ1v) is 4.19. The Morgan fingerprint density at radius 2 is 1.85 bits per heavy atom. The number of fused-ring (bicyclic) bond motifs is 1. The first kappa shape index (κ1) is 7.82. The average Bonchev–Trinajstić information content (AvgIpc) is 2.18. The minimum absolute atomic E-state index is 0.776. The molecule has 0 saturated carbocycles. The Kier molecular flexibility index (Phi) is 1.75. The Balaban J connectivity index is 2.94. The monoisotopic (exact) mass is 167 g/mol. The molecular weight excluding hydrogens is 158 g/mol. The van der Waals surface area contributed by atoms with Crippen molar-refractivity contribution >= 4 is 16.5 Å². The van der Waals surface area contributed by atoms with Gasteiger partial charge in [-0.25, -0.2) is 4.85 Å². The topological polar surface area (TPSA) is 4.36 Å². The molecule has 0 heterocycles. The lowest BCUT2D eigenvalue weighted by Crippen LogP contribution is -1.76. The van der Waals surface area contributed by atoms with Crippen LogP contribution in [0.1, 0.15) is 5.56 Å². The van der Waals surface area contributed by atoms with Crippen LogP contribution in [0.15, 0.2) is 36.4 Å². The lowest BCUT2D eigenvalue weighted by Gasteiger charge is -2.02. The first-order chi connectivity index (χ1) is 6.33. The van der Waals surface area contributed by atoms with Gasteiger partial charge in [0.25, 0.3) is 0 Å². The summed E-state index contributed by atoms with van der Waals surface area (Å²) in [5.41, 5.74) is 1.83. The molecule has 2 aromatic rings. The normalized spacial score (nSPS) is 9.85. The van der Waals surface area contributed by atoms with Gasteiger partial charge in [0.15, 0.2) is 5.69 Å². The summed E-state index contributed by atoms with van der Waals surface area (Å²) in [6, 6.07) is 12.0. The highest BCUT2D eigenvalue weighted by Gasteiger charge is 2.02. The molecule has 0 spiro atoms. The summed E-state index contributed by atoms with van der Waals surface area (Å²) in [7, 11) is 0. The smallest absolute Gasteiger partial charge is 0.197 e. The third-order valence-corrected chi connectivity index (χ3v) is 2.21. The number of hydrogen-bond acceptors (Lipinski definition) is 0. The zero-order chi connectivity index (χ0) is 9.26. The van der Waals surface area contributed by atoms with Crippen LogP contribution in [-0.2, 0) is 0 Å². The van der Waals surface area contributed by atoms with Crippen LogP contribution < -0.4 is 0 Å². The molecule has 0 unspecified atom stereocenters. The highest BCUT2D eigenvalue weighted by molar-refractivity contribution is 5.95. The van der Waals surface area contributed by atoms with Gasteiger partial charge >= 0.3 is 0 Å². The molecular formula is C12H9N. The highest BCUT2D eigenvalue weighted by Crippen LogP contribution is 2.29. The van der Waals surface area contributed by atoms with Crippen molar-refractivity contribution in [1.29, 1.82) is 0 Å². The predicted molar refractivity (Wildman–Crippen MR) is 54.9 cm³/mol. The van der Waals surface area contributed by atoms with Crippen LogP contribution in [0.25, 0.3) is 15.6 Å². The Labute approximate surface area is 77.4 Å². The van der Waals surface area contributed by atoms with Crippen LogP contribution >= 0.6 is 0 Å². The van der Waals surface area contributed by atoms with Crippen molar-refractivity contribution in [1.82, 2.24) is 0 Å². The number of rotatable bonds is 0.